The first-order chi connectivity index (χ1) is 14.7. The number of rotatable bonds is 4. The average molecular weight is 405 g/mol. The van der Waals surface area contributed by atoms with Crippen molar-refractivity contribution in [2.45, 2.75) is 12.5 Å². The number of anilines is 2. The van der Waals surface area contributed by atoms with E-state index in [2.05, 4.69) is 41.2 Å². The van der Waals surface area contributed by atoms with Crippen LogP contribution in [0.5, 0.6) is 0 Å². The molecule has 0 radical (unpaired) electrons. The maximum absolute atomic E-state index is 12.5. The number of imidazole rings is 1. The summed E-state index contributed by atoms with van der Waals surface area (Å²) < 4.78 is 4.69. The number of benzene rings is 1. The molecule has 1 fully saturated rings. The molecule has 4 aromatic rings. The van der Waals surface area contributed by atoms with E-state index < -0.39 is 0 Å². The van der Waals surface area contributed by atoms with Gasteiger partial charge < -0.3 is 26.7 Å². The van der Waals surface area contributed by atoms with Crippen LogP contribution in [-0.2, 0) is 0 Å². The summed E-state index contributed by atoms with van der Waals surface area (Å²) in [6, 6.07) is 9.44. The van der Waals surface area contributed by atoms with Crippen molar-refractivity contribution in [3.8, 4) is 22.8 Å². The molecule has 5 rings (SSSR count). The second-order valence-corrected chi connectivity index (χ2v) is 6.98. The van der Waals surface area contributed by atoms with Crippen LogP contribution < -0.4 is 21.7 Å². The van der Waals surface area contributed by atoms with Gasteiger partial charge in [0.25, 0.3) is 0 Å². The van der Waals surface area contributed by atoms with Crippen LogP contribution >= 0.6 is 0 Å². The van der Waals surface area contributed by atoms with Gasteiger partial charge >= 0.3 is 6.03 Å². The second-order valence-electron chi connectivity index (χ2n) is 6.98. The lowest BCUT2D eigenvalue weighted by molar-refractivity contribution is 0.249. The molecule has 4 heterocycles. The van der Waals surface area contributed by atoms with Gasteiger partial charge in [-0.1, -0.05) is 30.3 Å². The average Bonchev–Trinajstić information content (AvgIpc) is 3.49. The largest absolute Gasteiger partial charge is 0.379 e. The maximum Gasteiger partial charge on any atom is 0.319 e. The molecule has 1 aliphatic rings. The zero-order valence-corrected chi connectivity index (χ0v) is 15.8. The molecule has 0 aliphatic carbocycles. The Kier molecular flexibility index (Phi) is 4.48. The zero-order chi connectivity index (χ0) is 20.5. The van der Waals surface area contributed by atoms with Crippen LogP contribution in [0.25, 0.3) is 33.8 Å². The van der Waals surface area contributed by atoms with Gasteiger partial charge in [0.2, 0.25) is 0 Å². The monoisotopic (exact) mass is 405 g/mol. The normalized spacial score (nSPS) is 16.1. The third-order valence-corrected chi connectivity index (χ3v) is 4.95. The van der Waals surface area contributed by atoms with E-state index in [1.54, 1.807) is 6.20 Å². The molecule has 1 aromatic carbocycles. The Labute approximate surface area is 170 Å². The van der Waals surface area contributed by atoms with Crippen molar-refractivity contribution in [1.29, 1.82) is 0 Å². The lowest BCUT2D eigenvalue weighted by Gasteiger charge is -2.13. The van der Waals surface area contributed by atoms with Crippen molar-refractivity contribution in [3.63, 3.8) is 0 Å². The van der Waals surface area contributed by atoms with Crippen LogP contribution in [0.15, 0.2) is 41.2 Å². The van der Waals surface area contributed by atoms with Gasteiger partial charge in [0.1, 0.15) is 5.52 Å². The topological polar surface area (TPSA) is 160 Å². The lowest BCUT2D eigenvalue weighted by Crippen LogP contribution is -2.39. The molecule has 30 heavy (non-hydrogen) atoms. The Bertz CT molecular complexity index is 1200. The van der Waals surface area contributed by atoms with E-state index >= 15 is 0 Å². The SMILES string of the molecule is Nc1nonc1-c1nc2c(-c3ccccc3)ncc(NC(=O)NC3CCNC3)c2[nH]1. The minimum atomic E-state index is -0.307. The van der Waals surface area contributed by atoms with Crippen LogP contribution in [0.1, 0.15) is 6.42 Å². The number of carbonyl (C=O) groups is 1. The molecular weight excluding hydrogens is 386 g/mol. The Morgan fingerprint density at radius 3 is 2.80 bits per heavy atom. The smallest absolute Gasteiger partial charge is 0.319 e. The summed E-state index contributed by atoms with van der Waals surface area (Å²) >= 11 is 0. The van der Waals surface area contributed by atoms with E-state index in [4.69, 9.17) is 10.4 Å². The predicted octanol–water partition coefficient (Wildman–Crippen LogP) is 1.74. The fourth-order valence-electron chi connectivity index (χ4n) is 3.49. The molecular formula is C19H19N9O2. The van der Waals surface area contributed by atoms with Gasteiger partial charge in [-0.3, -0.25) is 4.98 Å². The summed E-state index contributed by atoms with van der Waals surface area (Å²) in [5.74, 6) is 0.488. The number of carbonyl (C=O) groups excluding carboxylic acids is 1. The molecule has 3 aromatic heterocycles. The molecule has 152 valence electrons. The van der Waals surface area contributed by atoms with Gasteiger partial charge in [0.15, 0.2) is 17.3 Å². The number of nitrogens with one attached hydrogen (secondary N) is 4. The first-order valence-corrected chi connectivity index (χ1v) is 9.50. The van der Waals surface area contributed by atoms with Crippen LogP contribution in [-0.4, -0.2) is 50.4 Å². The van der Waals surface area contributed by atoms with Gasteiger partial charge in [-0.05, 0) is 23.3 Å². The number of aromatic amines is 1. The Morgan fingerprint density at radius 2 is 2.07 bits per heavy atom. The Hall–Kier alpha value is -3.99. The summed E-state index contributed by atoms with van der Waals surface area (Å²) in [6.45, 7) is 1.64. The van der Waals surface area contributed by atoms with Crippen molar-refractivity contribution in [2.75, 3.05) is 24.1 Å². The first-order valence-electron chi connectivity index (χ1n) is 9.50. The predicted molar refractivity (Wildman–Crippen MR) is 110 cm³/mol. The number of amides is 2. The van der Waals surface area contributed by atoms with E-state index in [1.165, 1.54) is 0 Å². The summed E-state index contributed by atoms with van der Waals surface area (Å²) in [5, 5.41) is 16.4. The Morgan fingerprint density at radius 1 is 1.20 bits per heavy atom. The summed E-state index contributed by atoms with van der Waals surface area (Å²) in [5.41, 5.74) is 9.32. The van der Waals surface area contributed by atoms with Gasteiger partial charge in [-0.25, -0.2) is 14.4 Å². The number of nitrogens with zero attached hydrogens (tertiary/aromatic N) is 4. The number of hydrogen-bond acceptors (Lipinski definition) is 8. The molecule has 0 spiro atoms. The van der Waals surface area contributed by atoms with Crippen molar-refractivity contribution >= 4 is 28.6 Å². The number of pyridine rings is 1. The van der Waals surface area contributed by atoms with Crippen molar-refractivity contribution in [2.24, 2.45) is 0 Å². The lowest BCUT2D eigenvalue weighted by atomic mass is 10.1. The molecule has 0 saturated carbocycles. The molecule has 1 aliphatic heterocycles. The fourth-order valence-corrected chi connectivity index (χ4v) is 3.49. The molecule has 0 bridgehead atoms. The van der Waals surface area contributed by atoms with Crippen molar-refractivity contribution in [3.05, 3.63) is 36.5 Å². The third-order valence-electron chi connectivity index (χ3n) is 4.95. The maximum atomic E-state index is 12.5. The number of hydrogen-bond donors (Lipinski definition) is 5. The van der Waals surface area contributed by atoms with Crippen LogP contribution in [0, 0.1) is 0 Å². The highest BCUT2D eigenvalue weighted by atomic mass is 16.6. The number of nitrogen functional groups attached to an aromatic ring is 1. The highest BCUT2D eigenvalue weighted by Gasteiger charge is 2.21. The molecule has 11 nitrogen and oxygen atoms in total. The molecule has 1 saturated heterocycles. The Balaban J connectivity index is 1.56. The van der Waals surface area contributed by atoms with E-state index in [9.17, 15) is 4.79 Å². The number of fused-ring (bicyclic) bond motifs is 1. The fraction of sp³-hybridized carbons (Fsp3) is 0.211. The molecule has 2 amide bonds. The summed E-state index contributed by atoms with van der Waals surface area (Å²) in [4.78, 5) is 24.8. The van der Waals surface area contributed by atoms with Crippen LogP contribution in [0.3, 0.4) is 0 Å². The van der Waals surface area contributed by atoms with E-state index in [1.807, 2.05) is 30.3 Å². The zero-order valence-electron chi connectivity index (χ0n) is 15.8. The van der Waals surface area contributed by atoms with Gasteiger partial charge in [-0.2, -0.15) is 0 Å². The highest BCUT2D eigenvalue weighted by molar-refractivity contribution is 6.03. The third kappa shape index (κ3) is 3.31. The van der Waals surface area contributed by atoms with Crippen molar-refractivity contribution < 1.29 is 9.42 Å². The van der Waals surface area contributed by atoms with Gasteiger partial charge in [-0.15, -0.1) is 0 Å². The van der Waals surface area contributed by atoms with Gasteiger partial charge in [0.05, 0.1) is 23.1 Å². The second kappa shape index (κ2) is 7.44. The van der Waals surface area contributed by atoms with Crippen LogP contribution in [0.4, 0.5) is 16.3 Å². The summed E-state index contributed by atoms with van der Waals surface area (Å²) in [7, 11) is 0. The number of nitrogens with two attached hydrogens (primary N) is 1. The minimum Gasteiger partial charge on any atom is -0.379 e. The standard InChI is InChI=1S/C19H19N9O2/c20-17-16(27-30-28-17)18-25-14-12(24-19(29)23-11-6-7-21-8-11)9-22-13(15(14)26-18)10-4-2-1-3-5-10/h1-5,9,11,21H,6-8H2,(H2,20,28)(H,25,26)(H2,23,24,29). The van der Waals surface area contributed by atoms with Crippen LogP contribution in [0.2, 0.25) is 0 Å². The molecule has 1 unspecified atom stereocenters. The minimum absolute atomic E-state index is 0.0929. The summed E-state index contributed by atoms with van der Waals surface area (Å²) in [6.07, 6.45) is 2.49. The van der Waals surface area contributed by atoms with Gasteiger partial charge in [0, 0.05) is 18.2 Å². The van der Waals surface area contributed by atoms with E-state index in [-0.39, 0.29) is 23.6 Å². The number of aromatic nitrogens is 5. The molecule has 6 N–H and O–H groups in total. The number of H-pyrrole nitrogens is 1. The highest BCUT2D eigenvalue weighted by Crippen LogP contribution is 2.32. The molecule has 11 heteroatoms. The van der Waals surface area contributed by atoms with E-state index in [0.717, 1.165) is 25.1 Å². The van der Waals surface area contributed by atoms with E-state index in [0.29, 0.717) is 28.2 Å². The molecule has 1 atom stereocenters. The quantitative estimate of drug-likeness (QED) is 0.343. The number of urea groups is 1. The van der Waals surface area contributed by atoms with Crippen molar-refractivity contribution in [1.82, 2.24) is 35.9 Å². The first kappa shape index (κ1) is 18.1.